The second kappa shape index (κ2) is 8.24. The highest BCUT2D eigenvalue weighted by Crippen LogP contribution is 2.30. The van der Waals surface area contributed by atoms with Gasteiger partial charge in [0, 0.05) is 32.2 Å². The van der Waals surface area contributed by atoms with Crippen molar-refractivity contribution in [3.8, 4) is 0 Å². The summed E-state index contributed by atoms with van der Waals surface area (Å²) in [5.41, 5.74) is 0.0398. The fourth-order valence-corrected chi connectivity index (χ4v) is 3.05. The lowest BCUT2D eigenvalue weighted by molar-refractivity contribution is -0.137. The topological polar surface area (TPSA) is 70.5 Å². The Bertz CT molecular complexity index is 907. The molecule has 0 spiro atoms. The number of benzene rings is 1. The lowest BCUT2D eigenvalue weighted by Gasteiger charge is -2.27. The minimum atomic E-state index is -4.44. The zero-order valence-corrected chi connectivity index (χ0v) is 16.2. The van der Waals surface area contributed by atoms with Gasteiger partial charge in [0.25, 0.3) is 11.8 Å². The first-order valence-electron chi connectivity index (χ1n) is 9.11. The van der Waals surface area contributed by atoms with Crippen LogP contribution in [0.1, 0.15) is 32.1 Å². The van der Waals surface area contributed by atoms with Gasteiger partial charge < -0.3 is 15.1 Å². The molecule has 0 saturated carbocycles. The Morgan fingerprint density at radius 3 is 2.69 bits per heavy atom. The molecule has 0 radical (unpaired) electrons. The van der Waals surface area contributed by atoms with E-state index in [1.54, 1.807) is 6.07 Å². The summed E-state index contributed by atoms with van der Waals surface area (Å²) in [5, 5.41) is 6.92. The average molecular weight is 409 g/mol. The van der Waals surface area contributed by atoms with Gasteiger partial charge in [0.2, 0.25) is 0 Å². The van der Waals surface area contributed by atoms with Crippen LogP contribution in [0.5, 0.6) is 0 Å². The summed E-state index contributed by atoms with van der Waals surface area (Å²) in [6.07, 6.45) is -4.44. The Kier molecular flexibility index (Phi) is 5.92. The number of rotatable bonds is 6. The molecule has 0 bridgehead atoms. The maximum absolute atomic E-state index is 12.9. The summed E-state index contributed by atoms with van der Waals surface area (Å²) < 4.78 is 40.2. The molecule has 2 aromatic rings. The molecule has 29 heavy (non-hydrogen) atoms. The van der Waals surface area contributed by atoms with Gasteiger partial charge in [-0.1, -0.05) is 12.1 Å². The number of aromatic nitrogens is 2. The smallest absolute Gasteiger partial charge is 0.349 e. The molecule has 2 amide bonds. The van der Waals surface area contributed by atoms with Crippen LogP contribution in [0.2, 0.25) is 0 Å². The van der Waals surface area contributed by atoms with E-state index in [2.05, 4.69) is 10.4 Å². The Morgan fingerprint density at radius 1 is 1.24 bits per heavy atom. The van der Waals surface area contributed by atoms with Crippen molar-refractivity contribution in [1.29, 1.82) is 0 Å². The van der Waals surface area contributed by atoms with E-state index in [1.165, 1.54) is 21.7 Å². The zero-order chi connectivity index (χ0) is 21.2. The number of halogens is 3. The van der Waals surface area contributed by atoms with Gasteiger partial charge in [0.05, 0.1) is 12.1 Å². The standard InChI is InChI=1S/C19H22F3N5O2/c1-25(2)7-6-23-17(28)15-11-16-18(29)26(8-9-27(16)24-15)12-13-4-3-5-14(10-13)19(20,21)22/h3-5,10-11H,6-9,12H2,1-2H3,(H,23,28). The van der Waals surface area contributed by atoms with E-state index in [4.69, 9.17) is 0 Å². The number of carbonyl (C=O) groups excluding carboxylic acids is 2. The van der Waals surface area contributed by atoms with Crippen LogP contribution in [-0.2, 0) is 19.3 Å². The molecule has 0 saturated heterocycles. The first-order valence-corrected chi connectivity index (χ1v) is 9.11. The van der Waals surface area contributed by atoms with Crippen LogP contribution in [0.15, 0.2) is 30.3 Å². The van der Waals surface area contributed by atoms with E-state index >= 15 is 0 Å². The van der Waals surface area contributed by atoms with Gasteiger partial charge >= 0.3 is 6.18 Å². The lowest BCUT2D eigenvalue weighted by Crippen LogP contribution is -2.39. The Balaban J connectivity index is 1.70. The van der Waals surface area contributed by atoms with E-state index in [0.29, 0.717) is 31.7 Å². The van der Waals surface area contributed by atoms with Crippen molar-refractivity contribution in [1.82, 2.24) is 24.9 Å². The van der Waals surface area contributed by atoms with E-state index in [-0.39, 0.29) is 29.7 Å². The van der Waals surface area contributed by atoms with E-state index in [9.17, 15) is 22.8 Å². The van der Waals surface area contributed by atoms with Gasteiger partial charge in [-0.2, -0.15) is 18.3 Å². The van der Waals surface area contributed by atoms with Gasteiger partial charge in [-0.3, -0.25) is 14.3 Å². The predicted octanol–water partition coefficient (Wildman–Crippen LogP) is 1.85. The third kappa shape index (κ3) is 4.94. The lowest BCUT2D eigenvalue weighted by atomic mass is 10.1. The van der Waals surface area contributed by atoms with Gasteiger partial charge in [-0.05, 0) is 31.8 Å². The summed E-state index contributed by atoms with van der Waals surface area (Å²) in [6, 6.07) is 6.34. The summed E-state index contributed by atoms with van der Waals surface area (Å²) in [4.78, 5) is 28.3. The highest BCUT2D eigenvalue weighted by molar-refractivity contribution is 5.98. The molecule has 1 aromatic heterocycles. The Labute approximate surface area is 166 Å². The minimum Gasteiger partial charge on any atom is -0.349 e. The number of carbonyl (C=O) groups is 2. The quantitative estimate of drug-likeness (QED) is 0.791. The molecule has 156 valence electrons. The van der Waals surface area contributed by atoms with E-state index in [1.807, 2.05) is 19.0 Å². The maximum Gasteiger partial charge on any atom is 0.416 e. The van der Waals surface area contributed by atoms with Crippen molar-refractivity contribution in [3.63, 3.8) is 0 Å². The molecule has 0 atom stereocenters. The normalized spacial score (nSPS) is 14.3. The van der Waals surface area contributed by atoms with Crippen molar-refractivity contribution < 1.29 is 22.8 Å². The molecule has 1 aliphatic rings. The summed E-state index contributed by atoms with van der Waals surface area (Å²) in [6.45, 7) is 1.83. The Hall–Kier alpha value is -2.88. The summed E-state index contributed by atoms with van der Waals surface area (Å²) in [7, 11) is 3.78. The van der Waals surface area contributed by atoms with Crippen molar-refractivity contribution in [2.24, 2.45) is 0 Å². The second-order valence-corrected chi connectivity index (χ2v) is 7.12. The highest BCUT2D eigenvalue weighted by atomic mass is 19.4. The molecule has 7 nitrogen and oxygen atoms in total. The molecule has 1 aromatic carbocycles. The molecule has 0 aliphatic carbocycles. The molecule has 1 aliphatic heterocycles. The van der Waals surface area contributed by atoms with Crippen LogP contribution >= 0.6 is 0 Å². The third-order valence-electron chi connectivity index (χ3n) is 4.57. The monoisotopic (exact) mass is 409 g/mol. The van der Waals surface area contributed by atoms with Crippen molar-refractivity contribution >= 4 is 11.8 Å². The van der Waals surface area contributed by atoms with Crippen LogP contribution in [0, 0.1) is 0 Å². The zero-order valence-electron chi connectivity index (χ0n) is 16.2. The fourth-order valence-electron chi connectivity index (χ4n) is 3.05. The minimum absolute atomic E-state index is 0.0539. The van der Waals surface area contributed by atoms with Crippen LogP contribution in [0.3, 0.4) is 0 Å². The number of alkyl halides is 3. The highest BCUT2D eigenvalue weighted by Gasteiger charge is 2.31. The molecule has 2 heterocycles. The first kappa shape index (κ1) is 20.8. The molecule has 10 heteroatoms. The molecule has 0 fully saturated rings. The third-order valence-corrected chi connectivity index (χ3v) is 4.57. The van der Waals surface area contributed by atoms with Crippen LogP contribution in [0.4, 0.5) is 13.2 Å². The summed E-state index contributed by atoms with van der Waals surface area (Å²) >= 11 is 0. The van der Waals surface area contributed by atoms with Crippen LogP contribution in [0.25, 0.3) is 0 Å². The number of amides is 2. The maximum atomic E-state index is 12.9. The largest absolute Gasteiger partial charge is 0.416 e. The van der Waals surface area contributed by atoms with Gasteiger partial charge in [-0.25, -0.2) is 0 Å². The number of nitrogens with one attached hydrogen (secondary N) is 1. The molecule has 3 rings (SSSR count). The van der Waals surface area contributed by atoms with Crippen molar-refractivity contribution in [2.75, 3.05) is 33.7 Å². The average Bonchev–Trinajstić information content (AvgIpc) is 3.08. The van der Waals surface area contributed by atoms with Crippen molar-refractivity contribution in [2.45, 2.75) is 19.3 Å². The number of hydrogen-bond acceptors (Lipinski definition) is 4. The number of fused-ring (bicyclic) bond motifs is 1. The molecular weight excluding hydrogens is 387 g/mol. The van der Waals surface area contributed by atoms with Gasteiger partial charge in [0.15, 0.2) is 5.69 Å². The Morgan fingerprint density at radius 2 is 2.00 bits per heavy atom. The summed E-state index contributed by atoms with van der Waals surface area (Å²) in [5.74, 6) is -0.737. The van der Waals surface area contributed by atoms with E-state index < -0.39 is 11.7 Å². The van der Waals surface area contributed by atoms with E-state index in [0.717, 1.165) is 12.1 Å². The first-order chi connectivity index (χ1) is 13.6. The number of nitrogens with zero attached hydrogens (tertiary/aromatic N) is 4. The number of hydrogen-bond donors (Lipinski definition) is 1. The van der Waals surface area contributed by atoms with Crippen LogP contribution < -0.4 is 5.32 Å². The number of likely N-dealkylation sites (N-methyl/N-ethyl adjacent to an activating group) is 1. The van der Waals surface area contributed by atoms with Crippen LogP contribution in [-0.4, -0.2) is 65.1 Å². The fraction of sp³-hybridized carbons (Fsp3) is 0.421. The molecule has 0 unspecified atom stereocenters. The molecular formula is C19H22F3N5O2. The second-order valence-electron chi connectivity index (χ2n) is 7.12. The van der Waals surface area contributed by atoms with Crippen molar-refractivity contribution in [3.05, 3.63) is 52.8 Å². The predicted molar refractivity (Wildman–Crippen MR) is 99.3 cm³/mol. The molecule has 1 N–H and O–H groups in total. The SMILES string of the molecule is CN(C)CCNC(=O)c1cc2n(n1)CCN(Cc1cccc(C(F)(F)F)c1)C2=O. The van der Waals surface area contributed by atoms with Gasteiger partial charge in [-0.15, -0.1) is 0 Å². The van der Waals surface area contributed by atoms with Gasteiger partial charge in [0.1, 0.15) is 5.69 Å².